The minimum Gasteiger partial charge on any atom is -0.389 e. The van der Waals surface area contributed by atoms with Gasteiger partial charge < -0.3 is 15.7 Å². The van der Waals surface area contributed by atoms with Crippen molar-refractivity contribution in [2.75, 3.05) is 18.5 Å². The number of likely N-dealkylation sites (N-methyl/N-ethyl adjacent to an activating group) is 1. The van der Waals surface area contributed by atoms with E-state index in [2.05, 4.69) is 4.98 Å². The van der Waals surface area contributed by atoms with Crippen LogP contribution < -0.4 is 10.6 Å². The summed E-state index contributed by atoms with van der Waals surface area (Å²) in [5.41, 5.74) is 6.46. The highest BCUT2D eigenvalue weighted by molar-refractivity contribution is 7.80. The largest absolute Gasteiger partial charge is 0.389 e. The molecule has 4 nitrogen and oxygen atoms in total. The Labute approximate surface area is 101 Å². The summed E-state index contributed by atoms with van der Waals surface area (Å²) in [4.78, 5) is 6.26. The monoisotopic (exact) mass is 239 g/mol. The lowest BCUT2D eigenvalue weighted by Gasteiger charge is -2.28. The molecule has 0 aliphatic carbocycles. The lowest BCUT2D eigenvalue weighted by molar-refractivity contribution is 0.0886. The van der Waals surface area contributed by atoms with E-state index in [1.54, 1.807) is 32.3 Å². The van der Waals surface area contributed by atoms with Crippen LogP contribution in [-0.2, 0) is 0 Å². The molecule has 5 heteroatoms. The third kappa shape index (κ3) is 3.43. The number of pyridine rings is 1. The Morgan fingerprint density at radius 1 is 1.62 bits per heavy atom. The molecule has 0 amide bonds. The van der Waals surface area contributed by atoms with Crippen molar-refractivity contribution in [1.29, 1.82) is 0 Å². The van der Waals surface area contributed by atoms with E-state index in [4.69, 9.17) is 18.0 Å². The van der Waals surface area contributed by atoms with Gasteiger partial charge in [0.05, 0.1) is 17.5 Å². The van der Waals surface area contributed by atoms with Gasteiger partial charge in [0.15, 0.2) is 0 Å². The molecule has 0 aliphatic rings. The van der Waals surface area contributed by atoms with E-state index in [1.807, 2.05) is 11.9 Å². The number of thiocarbonyl (C=S) groups is 1. The summed E-state index contributed by atoms with van der Waals surface area (Å²) in [5, 5.41) is 9.75. The second-order valence-electron chi connectivity index (χ2n) is 4.43. The van der Waals surface area contributed by atoms with Gasteiger partial charge in [-0.15, -0.1) is 0 Å². The molecule has 1 rings (SSSR count). The maximum Gasteiger partial charge on any atom is 0.106 e. The summed E-state index contributed by atoms with van der Waals surface area (Å²) >= 11 is 4.97. The quantitative estimate of drug-likeness (QED) is 0.765. The van der Waals surface area contributed by atoms with Crippen LogP contribution in [0.5, 0.6) is 0 Å². The summed E-state index contributed by atoms with van der Waals surface area (Å²) in [7, 11) is 1.87. The van der Waals surface area contributed by atoms with E-state index < -0.39 is 5.60 Å². The third-order valence-electron chi connectivity index (χ3n) is 2.10. The van der Waals surface area contributed by atoms with Gasteiger partial charge in [-0.25, -0.2) is 0 Å². The number of nitrogens with zero attached hydrogens (tertiary/aromatic N) is 2. The van der Waals surface area contributed by atoms with Crippen molar-refractivity contribution in [1.82, 2.24) is 4.98 Å². The highest BCUT2D eigenvalue weighted by atomic mass is 32.1. The first-order chi connectivity index (χ1) is 7.31. The zero-order valence-corrected chi connectivity index (χ0v) is 10.6. The number of hydrogen-bond acceptors (Lipinski definition) is 4. The topological polar surface area (TPSA) is 62.4 Å². The summed E-state index contributed by atoms with van der Waals surface area (Å²) in [6.07, 6.45) is 3.34. The second kappa shape index (κ2) is 4.76. The number of nitrogens with two attached hydrogens (primary N) is 1. The highest BCUT2D eigenvalue weighted by Crippen LogP contribution is 2.19. The highest BCUT2D eigenvalue weighted by Gasteiger charge is 2.18. The van der Waals surface area contributed by atoms with Gasteiger partial charge in [0.2, 0.25) is 0 Å². The van der Waals surface area contributed by atoms with E-state index in [0.29, 0.717) is 11.5 Å². The Morgan fingerprint density at radius 3 is 2.75 bits per heavy atom. The van der Waals surface area contributed by atoms with Crippen molar-refractivity contribution < 1.29 is 5.11 Å². The van der Waals surface area contributed by atoms with Gasteiger partial charge in [0.25, 0.3) is 0 Å². The minimum atomic E-state index is -0.780. The molecule has 0 fully saturated rings. The Hall–Kier alpha value is -1.20. The van der Waals surface area contributed by atoms with Crippen molar-refractivity contribution in [2.45, 2.75) is 19.4 Å². The van der Waals surface area contributed by atoms with Crippen molar-refractivity contribution in [2.24, 2.45) is 5.73 Å². The summed E-state index contributed by atoms with van der Waals surface area (Å²) in [6, 6.07) is 1.78. The fraction of sp³-hybridized carbons (Fsp3) is 0.455. The van der Waals surface area contributed by atoms with E-state index in [-0.39, 0.29) is 0 Å². The maximum absolute atomic E-state index is 9.75. The molecule has 0 aliphatic heterocycles. The average Bonchev–Trinajstić information content (AvgIpc) is 2.15. The average molecular weight is 239 g/mol. The van der Waals surface area contributed by atoms with Crippen molar-refractivity contribution in [3.8, 4) is 0 Å². The molecule has 1 aromatic heterocycles. The predicted octanol–water partition coefficient (Wildman–Crippen LogP) is 0.923. The van der Waals surface area contributed by atoms with E-state index in [9.17, 15) is 5.11 Å². The molecule has 0 atom stereocenters. The van der Waals surface area contributed by atoms with Crippen molar-refractivity contribution >= 4 is 22.9 Å². The smallest absolute Gasteiger partial charge is 0.106 e. The van der Waals surface area contributed by atoms with E-state index in [1.165, 1.54) is 0 Å². The van der Waals surface area contributed by atoms with Crippen LogP contribution >= 0.6 is 12.2 Å². The van der Waals surface area contributed by atoms with Crippen LogP contribution in [-0.4, -0.2) is 34.3 Å². The summed E-state index contributed by atoms with van der Waals surface area (Å²) < 4.78 is 0. The molecule has 0 bridgehead atoms. The van der Waals surface area contributed by atoms with Gasteiger partial charge in [0.1, 0.15) is 4.99 Å². The molecule has 0 unspecified atom stereocenters. The molecular formula is C11H17N3OS. The fourth-order valence-electron chi connectivity index (χ4n) is 1.56. The zero-order chi connectivity index (χ0) is 12.3. The first kappa shape index (κ1) is 12.9. The standard InChI is InChI=1S/C11H17N3OS/c1-11(2,15)7-14(3)9-6-13-5-4-8(9)10(12)16/h4-6,15H,7H2,1-3H3,(H2,12,16). The van der Waals surface area contributed by atoms with Crippen LogP contribution in [0.4, 0.5) is 5.69 Å². The van der Waals surface area contributed by atoms with Crippen LogP contribution in [0.25, 0.3) is 0 Å². The van der Waals surface area contributed by atoms with Crippen LogP contribution in [0.2, 0.25) is 0 Å². The Kier molecular flexibility index (Phi) is 3.83. The number of aromatic nitrogens is 1. The van der Waals surface area contributed by atoms with E-state index in [0.717, 1.165) is 11.3 Å². The number of rotatable bonds is 4. The molecule has 88 valence electrons. The molecule has 3 N–H and O–H groups in total. The van der Waals surface area contributed by atoms with Gasteiger partial charge in [-0.05, 0) is 19.9 Å². The molecule has 0 radical (unpaired) electrons. The van der Waals surface area contributed by atoms with Gasteiger partial charge in [-0.1, -0.05) is 12.2 Å². The second-order valence-corrected chi connectivity index (χ2v) is 4.87. The van der Waals surface area contributed by atoms with Crippen LogP contribution in [0.3, 0.4) is 0 Å². The molecule has 0 saturated heterocycles. The molecule has 1 aromatic rings. The predicted molar refractivity (Wildman–Crippen MR) is 69.7 cm³/mol. The molecule has 0 aromatic carbocycles. The Morgan fingerprint density at radius 2 is 2.25 bits per heavy atom. The van der Waals surface area contributed by atoms with Crippen LogP contribution in [0.15, 0.2) is 18.5 Å². The SMILES string of the molecule is CN(CC(C)(C)O)c1cnccc1C(N)=S. The lowest BCUT2D eigenvalue weighted by atomic mass is 10.1. The van der Waals surface area contributed by atoms with Gasteiger partial charge in [-0.2, -0.15) is 0 Å². The van der Waals surface area contributed by atoms with Crippen molar-refractivity contribution in [3.63, 3.8) is 0 Å². The van der Waals surface area contributed by atoms with E-state index >= 15 is 0 Å². The third-order valence-corrected chi connectivity index (χ3v) is 2.32. The normalized spacial score (nSPS) is 11.2. The molecule has 0 saturated carbocycles. The fourth-order valence-corrected chi connectivity index (χ4v) is 1.74. The van der Waals surface area contributed by atoms with Gasteiger partial charge >= 0.3 is 0 Å². The van der Waals surface area contributed by atoms with Crippen LogP contribution in [0, 0.1) is 0 Å². The molecule has 16 heavy (non-hydrogen) atoms. The summed E-state index contributed by atoms with van der Waals surface area (Å²) in [6.45, 7) is 3.98. The Balaban J connectivity index is 2.99. The van der Waals surface area contributed by atoms with Crippen molar-refractivity contribution in [3.05, 3.63) is 24.0 Å². The van der Waals surface area contributed by atoms with Crippen LogP contribution in [0.1, 0.15) is 19.4 Å². The van der Waals surface area contributed by atoms with Gasteiger partial charge in [-0.3, -0.25) is 4.98 Å². The Bertz CT molecular complexity index is 387. The number of hydrogen-bond donors (Lipinski definition) is 2. The molecule has 1 heterocycles. The molecular weight excluding hydrogens is 222 g/mol. The lowest BCUT2D eigenvalue weighted by Crippen LogP contribution is -2.37. The summed E-state index contributed by atoms with van der Waals surface area (Å²) in [5.74, 6) is 0. The van der Waals surface area contributed by atoms with Gasteiger partial charge in [0, 0.05) is 25.4 Å². The first-order valence-corrected chi connectivity index (χ1v) is 5.39. The molecule has 0 spiro atoms. The number of anilines is 1. The minimum absolute atomic E-state index is 0.333. The number of aliphatic hydroxyl groups is 1. The first-order valence-electron chi connectivity index (χ1n) is 4.98. The maximum atomic E-state index is 9.75. The zero-order valence-electron chi connectivity index (χ0n) is 9.77.